The summed E-state index contributed by atoms with van der Waals surface area (Å²) in [5.74, 6) is 0.744. The first-order valence-corrected chi connectivity index (χ1v) is 7.56. The Morgan fingerprint density at radius 1 is 0.950 bits per heavy atom. The van der Waals surface area contributed by atoms with Crippen molar-refractivity contribution in [2.75, 3.05) is 0 Å². The second-order valence-corrected chi connectivity index (χ2v) is 6.23. The van der Waals surface area contributed by atoms with Gasteiger partial charge >= 0.3 is 0 Å². The second-order valence-electron chi connectivity index (χ2n) is 6.23. The van der Waals surface area contributed by atoms with Crippen LogP contribution in [0.5, 0.6) is 0 Å². The van der Waals surface area contributed by atoms with Gasteiger partial charge in [0.2, 0.25) is 0 Å². The number of hydrogen-bond donors (Lipinski definition) is 0. The summed E-state index contributed by atoms with van der Waals surface area (Å²) in [4.78, 5) is 0. The van der Waals surface area contributed by atoms with Crippen LogP contribution in [-0.4, -0.2) is 0 Å². The number of hydrogen-bond acceptors (Lipinski definition) is 0. The van der Waals surface area contributed by atoms with Crippen molar-refractivity contribution in [3.63, 3.8) is 0 Å². The molecule has 0 radical (unpaired) electrons. The van der Waals surface area contributed by atoms with Crippen molar-refractivity contribution in [2.45, 2.75) is 33.1 Å². The molecular formula is C20H22. The lowest BCUT2D eigenvalue weighted by Crippen LogP contribution is -1.94. The molecule has 0 aliphatic heterocycles. The summed E-state index contributed by atoms with van der Waals surface area (Å²) in [6.07, 6.45) is 5.85. The van der Waals surface area contributed by atoms with Crippen LogP contribution in [0.3, 0.4) is 0 Å². The molecule has 102 valence electrons. The van der Waals surface area contributed by atoms with E-state index in [-0.39, 0.29) is 0 Å². The maximum atomic E-state index is 2.44. The van der Waals surface area contributed by atoms with E-state index in [1.807, 2.05) is 0 Å². The quantitative estimate of drug-likeness (QED) is 0.704. The largest absolute Gasteiger partial charge is 0.0649 e. The molecule has 0 unspecified atom stereocenters. The highest BCUT2D eigenvalue weighted by Gasteiger charge is 2.16. The van der Waals surface area contributed by atoms with Crippen molar-refractivity contribution in [3.05, 3.63) is 76.4 Å². The van der Waals surface area contributed by atoms with E-state index in [2.05, 4.69) is 68.5 Å². The number of rotatable bonds is 4. The van der Waals surface area contributed by atoms with Crippen molar-refractivity contribution < 1.29 is 0 Å². The lowest BCUT2D eigenvalue weighted by molar-refractivity contribution is 0.638. The zero-order chi connectivity index (χ0) is 13.9. The summed E-state index contributed by atoms with van der Waals surface area (Å²) < 4.78 is 0. The molecule has 0 nitrogen and oxygen atoms in total. The first-order valence-electron chi connectivity index (χ1n) is 7.56. The highest BCUT2D eigenvalue weighted by atomic mass is 14.2. The third-order valence-corrected chi connectivity index (χ3v) is 3.96. The smallest absolute Gasteiger partial charge is 0.00197 e. The minimum absolute atomic E-state index is 0.744. The van der Waals surface area contributed by atoms with Crippen molar-refractivity contribution in [2.24, 2.45) is 5.92 Å². The van der Waals surface area contributed by atoms with Crippen LogP contribution in [0, 0.1) is 5.92 Å². The highest BCUT2D eigenvalue weighted by Crippen LogP contribution is 2.32. The zero-order valence-corrected chi connectivity index (χ0v) is 12.4. The van der Waals surface area contributed by atoms with Gasteiger partial charge in [0.15, 0.2) is 0 Å². The van der Waals surface area contributed by atoms with E-state index >= 15 is 0 Å². The average molecular weight is 262 g/mol. The van der Waals surface area contributed by atoms with Crippen LogP contribution in [0.25, 0.3) is 6.08 Å². The summed E-state index contributed by atoms with van der Waals surface area (Å²) in [6, 6.07) is 17.5. The summed E-state index contributed by atoms with van der Waals surface area (Å²) in [5, 5.41) is 0. The average Bonchev–Trinajstić information content (AvgIpc) is 2.82. The van der Waals surface area contributed by atoms with Gasteiger partial charge in [-0.15, -0.1) is 0 Å². The molecule has 0 N–H and O–H groups in total. The molecule has 0 amide bonds. The first-order chi connectivity index (χ1) is 9.72. The lowest BCUT2D eigenvalue weighted by atomic mass is 9.97. The predicted octanol–water partition coefficient (Wildman–Crippen LogP) is 5.26. The van der Waals surface area contributed by atoms with E-state index in [1.165, 1.54) is 28.7 Å². The van der Waals surface area contributed by atoms with Crippen LogP contribution >= 0.6 is 0 Å². The Bertz CT molecular complexity index is 618. The molecule has 0 aromatic heterocycles. The number of benzene rings is 2. The van der Waals surface area contributed by atoms with Crippen molar-refractivity contribution >= 4 is 6.08 Å². The monoisotopic (exact) mass is 262 g/mol. The van der Waals surface area contributed by atoms with Crippen LogP contribution < -0.4 is 0 Å². The third-order valence-electron chi connectivity index (χ3n) is 3.96. The second kappa shape index (κ2) is 5.66. The van der Waals surface area contributed by atoms with Gasteiger partial charge in [0.1, 0.15) is 0 Å². The SMILES string of the molecule is CC(C)CC1=Cc2c(cccc2Cc2ccccc2)C1. The van der Waals surface area contributed by atoms with Gasteiger partial charge < -0.3 is 0 Å². The van der Waals surface area contributed by atoms with E-state index in [0.29, 0.717) is 0 Å². The van der Waals surface area contributed by atoms with Crippen molar-refractivity contribution in [1.82, 2.24) is 0 Å². The van der Waals surface area contributed by atoms with E-state index in [0.717, 1.165) is 18.8 Å². The van der Waals surface area contributed by atoms with Gasteiger partial charge in [-0.2, -0.15) is 0 Å². The fourth-order valence-electron chi connectivity index (χ4n) is 3.13. The van der Waals surface area contributed by atoms with Crippen molar-refractivity contribution in [1.29, 1.82) is 0 Å². The molecule has 2 aromatic carbocycles. The van der Waals surface area contributed by atoms with E-state index in [9.17, 15) is 0 Å². The topological polar surface area (TPSA) is 0 Å². The Hall–Kier alpha value is -1.82. The molecule has 0 spiro atoms. The fourth-order valence-corrected chi connectivity index (χ4v) is 3.13. The van der Waals surface area contributed by atoms with Crippen molar-refractivity contribution in [3.8, 4) is 0 Å². The Morgan fingerprint density at radius 3 is 2.50 bits per heavy atom. The molecule has 0 atom stereocenters. The summed E-state index contributed by atoms with van der Waals surface area (Å²) in [6.45, 7) is 4.60. The standard InChI is InChI=1S/C20H22/c1-15(2)11-17-13-19-10-6-9-18(20(19)14-17)12-16-7-4-3-5-8-16/h3-10,14-15H,11-13H2,1-2H3. The first kappa shape index (κ1) is 13.2. The van der Waals surface area contributed by atoms with Crippen LogP contribution in [0.4, 0.5) is 0 Å². The minimum atomic E-state index is 0.744. The Balaban J connectivity index is 1.88. The molecular weight excluding hydrogens is 240 g/mol. The zero-order valence-electron chi connectivity index (χ0n) is 12.4. The van der Waals surface area contributed by atoms with Gasteiger partial charge in [-0.05, 0) is 47.4 Å². The summed E-state index contributed by atoms with van der Waals surface area (Å²) >= 11 is 0. The van der Waals surface area contributed by atoms with Gasteiger partial charge in [0.25, 0.3) is 0 Å². The molecule has 0 heterocycles. The number of fused-ring (bicyclic) bond motifs is 1. The Kier molecular flexibility index (Phi) is 3.73. The van der Waals surface area contributed by atoms with Crippen LogP contribution in [0.1, 0.15) is 42.5 Å². The predicted molar refractivity (Wildman–Crippen MR) is 86.8 cm³/mol. The van der Waals surface area contributed by atoms with Crippen LogP contribution in [0.2, 0.25) is 0 Å². The van der Waals surface area contributed by atoms with Gasteiger partial charge in [-0.25, -0.2) is 0 Å². The van der Waals surface area contributed by atoms with E-state index < -0.39 is 0 Å². The molecule has 0 fully saturated rings. The number of allylic oxidation sites excluding steroid dienone is 1. The normalized spacial score (nSPS) is 13.4. The molecule has 1 aliphatic rings. The molecule has 20 heavy (non-hydrogen) atoms. The lowest BCUT2D eigenvalue weighted by Gasteiger charge is -2.07. The van der Waals surface area contributed by atoms with Gasteiger partial charge in [-0.1, -0.05) is 74.0 Å². The summed E-state index contributed by atoms with van der Waals surface area (Å²) in [5.41, 5.74) is 7.44. The maximum absolute atomic E-state index is 2.44. The van der Waals surface area contributed by atoms with Gasteiger partial charge in [0, 0.05) is 0 Å². The molecule has 0 saturated heterocycles. The van der Waals surface area contributed by atoms with E-state index in [4.69, 9.17) is 0 Å². The van der Waals surface area contributed by atoms with Gasteiger partial charge in [-0.3, -0.25) is 0 Å². The fraction of sp³-hybridized carbons (Fsp3) is 0.300. The maximum Gasteiger partial charge on any atom is -0.00197 e. The molecule has 0 heteroatoms. The van der Waals surface area contributed by atoms with Crippen LogP contribution in [-0.2, 0) is 12.8 Å². The Labute approximate surface area is 122 Å². The molecule has 3 rings (SSSR count). The molecule has 1 aliphatic carbocycles. The molecule has 0 bridgehead atoms. The summed E-state index contributed by atoms with van der Waals surface area (Å²) in [7, 11) is 0. The highest BCUT2D eigenvalue weighted by molar-refractivity contribution is 5.67. The van der Waals surface area contributed by atoms with Crippen LogP contribution in [0.15, 0.2) is 54.1 Å². The van der Waals surface area contributed by atoms with Gasteiger partial charge in [0.05, 0.1) is 0 Å². The third kappa shape index (κ3) is 2.85. The minimum Gasteiger partial charge on any atom is -0.0649 e. The Morgan fingerprint density at radius 2 is 1.75 bits per heavy atom. The molecule has 2 aromatic rings. The molecule has 0 saturated carbocycles. The van der Waals surface area contributed by atoms with E-state index in [1.54, 1.807) is 5.57 Å².